The molecule has 0 N–H and O–H groups in total. The number of nitrogens with zero attached hydrogens (tertiary/aromatic N) is 1. The first kappa shape index (κ1) is 23.1. The number of aryl methyl sites for hydroxylation is 1. The number of rotatable bonds is 7. The van der Waals surface area contributed by atoms with E-state index >= 15 is 0 Å². The molecule has 1 heterocycles. The number of benzene rings is 2. The predicted molar refractivity (Wildman–Crippen MR) is 127 cm³/mol. The van der Waals surface area contributed by atoms with Crippen LogP contribution in [0.4, 0.5) is 5.69 Å². The van der Waals surface area contributed by atoms with Gasteiger partial charge in [0, 0.05) is 6.07 Å². The zero-order chi connectivity index (χ0) is 22.5. The highest BCUT2D eigenvalue weighted by molar-refractivity contribution is 8.27. The van der Waals surface area contributed by atoms with Crippen molar-refractivity contribution < 1.29 is 23.8 Å². The second-order valence-electron chi connectivity index (χ2n) is 6.47. The Morgan fingerprint density at radius 2 is 1.94 bits per heavy atom. The maximum atomic E-state index is 13.0. The van der Waals surface area contributed by atoms with Gasteiger partial charge in [-0.3, -0.25) is 9.69 Å². The molecule has 1 saturated heterocycles. The van der Waals surface area contributed by atoms with Crippen molar-refractivity contribution in [1.29, 1.82) is 0 Å². The van der Waals surface area contributed by atoms with Crippen LogP contribution < -0.4 is 14.4 Å². The maximum absolute atomic E-state index is 13.0. The monoisotopic (exact) mass is 477 g/mol. The Morgan fingerprint density at radius 1 is 1.23 bits per heavy atom. The molecule has 6 nitrogen and oxygen atoms in total. The molecule has 0 spiro atoms. The molecule has 3 rings (SSSR count). The third kappa shape index (κ3) is 5.39. The highest BCUT2D eigenvalue weighted by atomic mass is 35.5. The SMILES string of the molecule is CCOC(=O)COc1cc(Cl)c(C=C2SC(=S)N(c3ccc(C)cc3)C2=O)cc1OC. The first-order valence-corrected chi connectivity index (χ1v) is 10.9. The van der Waals surface area contributed by atoms with E-state index in [0.29, 0.717) is 37.0 Å². The molecular formula is C22H20ClNO5S2. The van der Waals surface area contributed by atoms with E-state index in [0.717, 1.165) is 5.56 Å². The Hall–Kier alpha value is -2.55. The van der Waals surface area contributed by atoms with E-state index in [4.69, 9.17) is 38.0 Å². The third-order valence-electron chi connectivity index (χ3n) is 4.31. The first-order valence-electron chi connectivity index (χ1n) is 9.34. The van der Waals surface area contributed by atoms with E-state index in [-0.39, 0.29) is 19.1 Å². The second kappa shape index (κ2) is 10.2. The third-order valence-corrected chi connectivity index (χ3v) is 5.94. The van der Waals surface area contributed by atoms with Gasteiger partial charge in [0.2, 0.25) is 0 Å². The van der Waals surface area contributed by atoms with Crippen molar-refractivity contribution in [3.63, 3.8) is 0 Å². The predicted octanol–water partition coefficient (Wildman–Crippen LogP) is 5.00. The van der Waals surface area contributed by atoms with Gasteiger partial charge >= 0.3 is 5.97 Å². The number of anilines is 1. The number of thiocarbonyl (C=S) groups is 1. The van der Waals surface area contributed by atoms with Crippen molar-refractivity contribution in [1.82, 2.24) is 0 Å². The lowest BCUT2D eigenvalue weighted by Gasteiger charge is -2.14. The number of amides is 1. The van der Waals surface area contributed by atoms with E-state index in [1.807, 2.05) is 31.2 Å². The van der Waals surface area contributed by atoms with E-state index < -0.39 is 5.97 Å². The van der Waals surface area contributed by atoms with Crippen molar-refractivity contribution in [2.75, 3.05) is 25.2 Å². The summed E-state index contributed by atoms with van der Waals surface area (Å²) >= 11 is 13.0. The Morgan fingerprint density at radius 3 is 2.58 bits per heavy atom. The highest BCUT2D eigenvalue weighted by Gasteiger charge is 2.33. The van der Waals surface area contributed by atoms with Crippen LogP contribution >= 0.6 is 35.6 Å². The lowest BCUT2D eigenvalue weighted by molar-refractivity contribution is -0.145. The molecule has 1 aliphatic rings. The molecule has 0 aromatic heterocycles. The summed E-state index contributed by atoms with van der Waals surface area (Å²) < 4.78 is 16.1. The number of carbonyl (C=O) groups excluding carboxylic acids is 2. The van der Waals surface area contributed by atoms with Crippen molar-refractivity contribution in [2.24, 2.45) is 0 Å². The molecule has 2 aromatic rings. The molecule has 1 aliphatic heterocycles. The summed E-state index contributed by atoms with van der Waals surface area (Å²) in [6.07, 6.45) is 1.66. The van der Waals surface area contributed by atoms with E-state index in [1.54, 1.807) is 19.1 Å². The molecule has 1 amide bonds. The molecule has 0 saturated carbocycles. The van der Waals surface area contributed by atoms with Crippen LogP contribution in [0.15, 0.2) is 41.3 Å². The van der Waals surface area contributed by atoms with Crippen molar-refractivity contribution in [3.8, 4) is 11.5 Å². The normalized spacial score (nSPS) is 14.8. The lowest BCUT2D eigenvalue weighted by Crippen LogP contribution is -2.27. The summed E-state index contributed by atoms with van der Waals surface area (Å²) in [6.45, 7) is 3.68. The number of hydrogen-bond acceptors (Lipinski definition) is 7. The van der Waals surface area contributed by atoms with E-state index in [1.165, 1.54) is 29.8 Å². The van der Waals surface area contributed by atoms with Crippen LogP contribution in [0.25, 0.3) is 6.08 Å². The largest absolute Gasteiger partial charge is 0.493 e. The van der Waals surface area contributed by atoms with Crippen molar-refractivity contribution >= 4 is 63.5 Å². The van der Waals surface area contributed by atoms with Gasteiger partial charge in [-0.15, -0.1) is 0 Å². The van der Waals surface area contributed by atoms with E-state index in [9.17, 15) is 9.59 Å². The van der Waals surface area contributed by atoms with Crippen LogP contribution in [0.2, 0.25) is 5.02 Å². The minimum absolute atomic E-state index is 0.225. The van der Waals surface area contributed by atoms with Gasteiger partial charge in [0.15, 0.2) is 22.4 Å². The van der Waals surface area contributed by atoms with Crippen LogP contribution in [0.1, 0.15) is 18.1 Å². The summed E-state index contributed by atoms with van der Waals surface area (Å²) in [4.78, 5) is 26.5. The number of ether oxygens (including phenoxy) is 3. The molecule has 0 radical (unpaired) electrons. The average molecular weight is 478 g/mol. The highest BCUT2D eigenvalue weighted by Crippen LogP contribution is 2.39. The van der Waals surface area contributed by atoms with Crippen LogP contribution in [0, 0.1) is 6.92 Å². The molecule has 162 valence electrons. The zero-order valence-corrected chi connectivity index (χ0v) is 19.5. The Labute approximate surface area is 195 Å². The molecule has 0 bridgehead atoms. The minimum atomic E-state index is -0.496. The maximum Gasteiger partial charge on any atom is 0.344 e. The molecule has 31 heavy (non-hydrogen) atoms. The Bertz CT molecular complexity index is 1050. The number of methoxy groups -OCH3 is 1. The van der Waals surface area contributed by atoms with Crippen LogP contribution in [0.5, 0.6) is 11.5 Å². The van der Waals surface area contributed by atoms with Crippen molar-refractivity contribution in [3.05, 3.63) is 57.5 Å². The van der Waals surface area contributed by atoms with Crippen molar-refractivity contribution in [2.45, 2.75) is 13.8 Å². The summed E-state index contributed by atoms with van der Waals surface area (Å²) in [7, 11) is 1.47. The smallest absolute Gasteiger partial charge is 0.344 e. The zero-order valence-electron chi connectivity index (χ0n) is 17.1. The molecular weight excluding hydrogens is 458 g/mol. The van der Waals surface area contributed by atoms with Crippen LogP contribution in [-0.4, -0.2) is 36.5 Å². The number of halogens is 1. The molecule has 2 aromatic carbocycles. The molecule has 0 atom stereocenters. The van der Waals surface area contributed by atoms with E-state index in [2.05, 4.69) is 0 Å². The number of thioether (sulfide) groups is 1. The second-order valence-corrected chi connectivity index (χ2v) is 8.55. The first-order chi connectivity index (χ1) is 14.8. The summed E-state index contributed by atoms with van der Waals surface area (Å²) in [6, 6.07) is 10.7. The topological polar surface area (TPSA) is 65.1 Å². The lowest BCUT2D eigenvalue weighted by atomic mass is 10.1. The van der Waals surface area contributed by atoms with Gasteiger partial charge in [-0.25, -0.2) is 4.79 Å². The fourth-order valence-electron chi connectivity index (χ4n) is 2.80. The molecule has 1 fully saturated rings. The molecule has 0 aliphatic carbocycles. The van der Waals surface area contributed by atoms with Gasteiger partial charge in [0.05, 0.1) is 29.3 Å². The minimum Gasteiger partial charge on any atom is -0.493 e. The van der Waals surface area contributed by atoms with Gasteiger partial charge in [0.25, 0.3) is 5.91 Å². The van der Waals surface area contributed by atoms with Crippen LogP contribution in [0.3, 0.4) is 0 Å². The number of carbonyl (C=O) groups is 2. The molecule has 9 heteroatoms. The summed E-state index contributed by atoms with van der Waals surface area (Å²) in [5, 5.41) is 0.334. The van der Waals surface area contributed by atoms with Gasteiger partial charge in [-0.1, -0.05) is 53.3 Å². The van der Waals surface area contributed by atoms with Gasteiger partial charge in [-0.2, -0.15) is 0 Å². The quantitative estimate of drug-likeness (QED) is 0.315. The fraction of sp³-hybridized carbons (Fsp3) is 0.227. The Balaban J connectivity index is 1.85. The van der Waals surface area contributed by atoms with Crippen LogP contribution in [-0.2, 0) is 14.3 Å². The number of hydrogen-bond donors (Lipinski definition) is 0. The summed E-state index contributed by atoms with van der Waals surface area (Å²) in [5.41, 5.74) is 2.36. The van der Waals surface area contributed by atoms with Gasteiger partial charge in [-0.05, 0) is 43.7 Å². The fourth-order valence-corrected chi connectivity index (χ4v) is 4.30. The Kier molecular flexibility index (Phi) is 7.59. The number of esters is 1. The van der Waals surface area contributed by atoms with Gasteiger partial charge in [0.1, 0.15) is 0 Å². The standard InChI is InChI=1S/C22H20ClNO5S2/c1-4-28-20(25)12-29-18-11-16(23)14(9-17(18)27-3)10-19-21(26)24(22(30)31-19)15-7-5-13(2)6-8-15/h5-11H,4,12H2,1-3H3. The molecule has 0 unspecified atom stereocenters. The van der Waals surface area contributed by atoms with Gasteiger partial charge < -0.3 is 14.2 Å². The summed E-state index contributed by atoms with van der Waals surface area (Å²) in [5.74, 6) is -0.0556. The average Bonchev–Trinajstić information content (AvgIpc) is 3.02.